The summed E-state index contributed by atoms with van der Waals surface area (Å²) in [5, 5.41) is 4.03. The summed E-state index contributed by atoms with van der Waals surface area (Å²) >= 11 is 0. The second-order valence-electron chi connectivity index (χ2n) is 4.05. The summed E-state index contributed by atoms with van der Waals surface area (Å²) in [4.78, 5) is 23.2. The number of nitrogens with zero attached hydrogens (tertiary/aromatic N) is 2. The van der Waals surface area contributed by atoms with E-state index in [9.17, 15) is 9.59 Å². The summed E-state index contributed by atoms with van der Waals surface area (Å²) in [5.41, 5.74) is 12.4. The van der Waals surface area contributed by atoms with Gasteiger partial charge in [0.2, 0.25) is 0 Å². The van der Waals surface area contributed by atoms with Gasteiger partial charge in [0.1, 0.15) is 11.3 Å². The van der Waals surface area contributed by atoms with E-state index < -0.39 is 11.9 Å². The number of aromatic nitrogens is 2. The highest BCUT2D eigenvalue weighted by atomic mass is 16.5. The molecule has 0 aliphatic heterocycles. The minimum Gasteiger partial charge on any atom is -0.465 e. The minimum absolute atomic E-state index is 0.0222. The zero-order chi connectivity index (χ0) is 14.7. The Morgan fingerprint density at radius 1 is 1.40 bits per heavy atom. The van der Waals surface area contributed by atoms with Gasteiger partial charge in [0.25, 0.3) is 5.91 Å². The van der Waals surface area contributed by atoms with Gasteiger partial charge < -0.3 is 16.2 Å². The zero-order valence-corrected chi connectivity index (χ0v) is 10.9. The standard InChI is InChI=1S/C13H14N4O3/c1-20-13(19)10-7-16-17(11(10)12(15)18)9-4-2-3-8(5-9)6-14/h2-5,7H,6,14H2,1H3,(H2,15,18). The van der Waals surface area contributed by atoms with Gasteiger partial charge >= 0.3 is 5.97 Å². The molecule has 1 heterocycles. The lowest BCUT2D eigenvalue weighted by atomic mass is 10.2. The monoisotopic (exact) mass is 274 g/mol. The molecule has 0 aliphatic rings. The summed E-state index contributed by atoms with van der Waals surface area (Å²) in [6, 6.07) is 7.13. The topological polar surface area (TPSA) is 113 Å². The van der Waals surface area contributed by atoms with Gasteiger partial charge in [0.05, 0.1) is 19.0 Å². The first-order chi connectivity index (χ1) is 9.58. The van der Waals surface area contributed by atoms with E-state index in [4.69, 9.17) is 11.5 Å². The lowest BCUT2D eigenvalue weighted by Crippen LogP contribution is -2.20. The third-order valence-electron chi connectivity index (χ3n) is 2.80. The predicted octanol–water partition coefficient (Wildman–Crippen LogP) is 0.216. The summed E-state index contributed by atoms with van der Waals surface area (Å²) in [6.07, 6.45) is 1.25. The maximum atomic E-state index is 11.6. The maximum Gasteiger partial charge on any atom is 0.341 e. The smallest absolute Gasteiger partial charge is 0.341 e. The second-order valence-corrected chi connectivity index (χ2v) is 4.05. The average molecular weight is 274 g/mol. The van der Waals surface area contributed by atoms with Crippen LogP contribution < -0.4 is 11.5 Å². The van der Waals surface area contributed by atoms with Gasteiger partial charge in [-0.25, -0.2) is 9.48 Å². The van der Waals surface area contributed by atoms with Gasteiger partial charge in [-0.15, -0.1) is 0 Å². The lowest BCUT2D eigenvalue weighted by Gasteiger charge is -2.07. The molecule has 1 aromatic heterocycles. The molecule has 0 saturated carbocycles. The molecule has 0 fully saturated rings. The Labute approximate surface area is 115 Å². The number of methoxy groups -OCH3 is 1. The molecule has 0 aliphatic carbocycles. The van der Waals surface area contributed by atoms with E-state index in [-0.39, 0.29) is 11.3 Å². The van der Waals surface area contributed by atoms with Gasteiger partial charge in [-0.05, 0) is 17.7 Å². The fraction of sp³-hybridized carbons (Fsp3) is 0.154. The average Bonchev–Trinajstić information content (AvgIpc) is 2.91. The third kappa shape index (κ3) is 2.39. The molecule has 0 saturated heterocycles. The van der Waals surface area contributed by atoms with Crippen LogP contribution >= 0.6 is 0 Å². The molecule has 1 aromatic carbocycles. The van der Waals surface area contributed by atoms with Gasteiger partial charge in [-0.3, -0.25) is 4.79 Å². The molecule has 1 amide bonds. The van der Waals surface area contributed by atoms with Crippen LogP contribution in [-0.2, 0) is 11.3 Å². The first kappa shape index (κ1) is 13.8. The highest BCUT2D eigenvalue weighted by Gasteiger charge is 2.22. The largest absolute Gasteiger partial charge is 0.465 e. The number of carbonyl (C=O) groups is 2. The van der Waals surface area contributed by atoms with Crippen LogP contribution in [0, 0.1) is 0 Å². The minimum atomic E-state index is -0.763. The van der Waals surface area contributed by atoms with Crippen LogP contribution in [0.1, 0.15) is 26.4 Å². The molecule has 4 N–H and O–H groups in total. The molecule has 104 valence electrons. The summed E-state index contributed by atoms with van der Waals surface area (Å²) < 4.78 is 5.90. The van der Waals surface area contributed by atoms with Crippen LogP contribution in [0.5, 0.6) is 0 Å². The lowest BCUT2D eigenvalue weighted by molar-refractivity contribution is 0.0597. The number of esters is 1. The van der Waals surface area contributed by atoms with Crippen LogP contribution in [0.2, 0.25) is 0 Å². The summed E-state index contributed by atoms with van der Waals surface area (Å²) in [6.45, 7) is 0.352. The first-order valence-electron chi connectivity index (χ1n) is 5.84. The van der Waals surface area contributed by atoms with Crippen molar-refractivity contribution in [3.05, 3.63) is 47.3 Å². The van der Waals surface area contributed by atoms with Crippen LogP contribution in [0.25, 0.3) is 5.69 Å². The third-order valence-corrected chi connectivity index (χ3v) is 2.80. The Balaban J connectivity index is 2.59. The SMILES string of the molecule is COC(=O)c1cnn(-c2cccc(CN)c2)c1C(N)=O. The number of ether oxygens (including phenoxy) is 1. The van der Waals surface area contributed by atoms with E-state index in [1.165, 1.54) is 18.0 Å². The van der Waals surface area contributed by atoms with E-state index in [0.717, 1.165) is 5.56 Å². The zero-order valence-electron chi connectivity index (χ0n) is 10.9. The fourth-order valence-corrected chi connectivity index (χ4v) is 1.86. The van der Waals surface area contributed by atoms with E-state index in [1.54, 1.807) is 18.2 Å². The van der Waals surface area contributed by atoms with E-state index in [1.807, 2.05) is 6.07 Å². The van der Waals surface area contributed by atoms with Crippen molar-refractivity contribution in [2.75, 3.05) is 7.11 Å². The van der Waals surface area contributed by atoms with Crippen molar-refractivity contribution in [3.8, 4) is 5.69 Å². The first-order valence-corrected chi connectivity index (χ1v) is 5.84. The number of benzene rings is 1. The van der Waals surface area contributed by atoms with Gasteiger partial charge in [-0.2, -0.15) is 5.10 Å². The molecule has 2 rings (SSSR count). The molecule has 0 atom stereocenters. The molecule has 0 bridgehead atoms. The highest BCUT2D eigenvalue weighted by molar-refractivity contribution is 6.03. The Morgan fingerprint density at radius 3 is 2.75 bits per heavy atom. The fourth-order valence-electron chi connectivity index (χ4n) is 1.86. The van der Waals surface area contributed by atoms with Crippen molar-refractivity contribution >= 4 is 11.9 Å². The number of rotatable bonds is 4. The Kier molecular flexibility index (Phi) is 3.81. The molecule has 0 unspecified atom stereocenters. The Morgan fingerprint density at radius 2 is 2.15 bits per heavy atom. The van der Waals surface area contributed by atoms with Crippen molar-refractivity contribution in [1.82, 2.24) is 9.78 Å². The summed E-state index contributed by atoms with van der Waals surface area (Å²) in [7, 11) is 1.22. The van der Waals surface area contributed by atoms with E-state index in [2.05, 4.69) is 9.84 Å². The number of hydrogen-bond acceptors (Lipinski definition) is 5. The van der Waals surface area contributed by atoms with E-state index in [0.29, 0.717) is 12.2 Å². The van der Waals surface area contributed by atoms with Crippen LogP contribution in [0.3, 0.4) is 0 Å². The van der Waals surface area contributed by atoms with Crippen LogP contribution in [-0.4, -0.2) is 28.8 Å². The summed E-state index contributed by atoms with van der Waals surface area (Å²) in [5.74, 6) is -1.43. The molecule has 20 heavy (non-hydrogen) atoms. The predicted molar refractivity (Wildman–Crippen MR) is 71.3 cm³/mol. The number of hydrogen-bond donors (Lipinski definition) is 2. The maximum absolute atomic E-state index is 11.6. The Bertz CT molecular complexity index is 663. The quantitative estimate of drug-likeness (QED) is 0.774. The van der Waals surface area contributed by atoms with Crippen molar-refractivity contribution in [2.24, 2.45) is 11.5 Å². The molecular formula is C13H14N4O3. The van der Waals surface area contributed by atoms with Crippen LogP contribution in [0.15, 0.2) is 30.5 Å². The number of carbonyl (C=O) groups excluding carboxylic acids is 2. The molecule has 7 nitrogen and oxygen atoms in total. The molecule has 7 heteroatoms. The van der Waals surface area contributed by atoms with E-state index >= 15 is 0 Å². The molecule has 0 spiro atoms. The second kappa shape index (κ2) is 5.54. The number of nitrogens with two attached hydrogens (primary N) is 2. The van der Waals surface area contributed by atoms with Crippen LogP contribution in [0.4, 0.5) is 0 Å². The Hall–Kier alpha value is -2.67. The highest BCUT2D eigenvalue weighted by Crippen LogP contribution is 2.16. The van der Waals surface area contributed by atoms with Gasteiger partial charge in [-0.1, -0.05) is 12.1 Å². The van der Waals surface area contributed by atoms with Gasteiger partial charge in [0, 0.05) is 6.54 Å². The number of amides is 1. The molecule has 2 aromatic rings. The number of primary amides is 1. The van der Waals surface area contributed by atoms with Crippen molar-refractivity contribution in [1.29, 1.82) is 0 Å². The molecule has 0 radical (unpaired) electrons. The van der Waals surface area contributed by atoms with Crippen molar-refractivity contribution in [3.63, 3.8) is 0 Å². The normalized spacial score (nSPS) is 10.3. The van der Waals surface area contributed by atoms with Crippen molar-refractivity contribution < 1.29 is 14.3 Å². The van der Waals surface area contributed by atoms with Gasteiger partial charge in [0.15, 0.2) is 0 Å². The van der Waals surface area contributed by atoms with Crippen molar-refractivity contribution in [2.45, 2.75) is 6.54 Å². The molecular weight excluding hydrogens is 260 g/mol.